The summed E-state index contributed by atoms with van der Waals surface area (Å²) in [4.78, 5) is 16.9. The van der Waals surface area contributed by atoms with E-state index in [9.17, 15) is 18.0 Å². The zero-order valence-corrected chi connectivity index (χ0v) is 12.0. The van der Waals surface area contributed by atoms with Gasteiger partial charge in [-0.1, -0.05) is 30.3 Å². The number of hydrogen-bond donors (Lipinski definition) is 0. The molecule has 0 saturated carbocycles. The summed E-state index contributed by atoms with van der Waals surface area (Å²) in [5, 5.41) is 2.12. The number of aryl methyl sites for hydroxylation is 1. The average Bonchev–Trinajstić information content (AvgIpc) is 2.83. The topological polar surface area (TPSA) is 33.2 Å². The van der Waals surface area contributed by atoms with Gasteiger partial charge >= 0.3 is 6.18 Å². The second-order valence-electron chi connectivity index (χ2n) is 4.51. The predicted octanol–water partition coefficient (Wildman–Crippen LogP) is 3.66. The van der Waals surface area contributed by atoms with E-state index in [0.29, 0.717) is 10.6 Å². The number of carbonyl (C=O) groups is 1. The number of thiazole rings is 1. The van der Waals surface area contributed by atoms with Crippen LogP contribution in [0.3, 0.4) is 0 Å². The molecule has 0 aliphatic rings. The summed E-state index contributed by atoms with van der Waals surface area (Å²) in [6.07, 6.45) is -4.45. The van der Waals surface area contributed by atoms with Crippen LogP contribution in [-0.4, -0.2) is 28.5 Å². The average molecular weight is 314 g/mol. The highest BCUT2D eigenvalue weighted by atomic mass is 32.1. The number of aromatic nitrogens is 1. The van der Waals surface area contributed by atoms with Crippen LogP contribution in [0.2, 0.25) is 0 Å². The van der Waals surface area contributed by atoms with Gasteiger partial charge in [-0.25, -0.2) is 4.98 Å². The van der Waals surface area contributed by atoms with Gasteiger partial charge < -0.3 is 4.90 Å². The van der Waals surface area contributed by atoms with Crippen molar-refractivity contribution in [2.75, 3.05) is 6.54 Å². The van der Waals surface area contributed by atoms with Gasteiger partial charge in [0.25, 0.3) is 5.91 Å². The highest BCUT2D eigenvalue weighted by molar-refractivity contribution is 7.09. The Labute approximate surface area is 124 Å². The Morgan fingerprint density at radius 2 is 1.95 bits per heavy atom. The molecule has 0 unspecified atom stereocenters. The van der Waals surface area contributed by atoms with E-state index in [1.807, 2.05) is 0 Å². The molecule has 0 atom stereocenters. The van der Waals surface area contributed by atoms with E-state index in [1.165, 1.54) is 16.7 Å². The fourth-order valence-corrected chi connectivity index (χ4v) is 2.43. The number of benzene rings is 1. The van der Waals surface area contributed by atoms with Crippen molar-refractivity contribution >= 4 is 17.2 Å². The van der Waals surface area contributed by atoms with Crippen LogP contribution in [0.5, 0.6) is 0 Å². The van der Waals surface area contributed by atoms with E-state index >= 15 is 0 Å². The van der Waals surface area contributed by atoms with Crippen molar-refractivity contribution in [3.05, 3.63) is 52.0 Å². The molecule has 1 aromatic heterocycles. The van der Waals surface area contributed by atoms with E-state index in [4.69, 9.17) is 0 Å². The summed E-state index contributed by atoms with van der Waals surface area (Å²) in [6, 6.07) is 8.58. The first-order chi connectivity index (χ1) is 9.85. The molecule has 0 N–H and O–H groups in total. The number of nitrogens with zero attached hydrogens (tertiary/aromatic N) is 2. The Kier molecular flexibility index (Phi) is 4.62. The van der Waals surface area contributed by atoms with Crippen LogP contribution >= 0.6 is 11.3 Å². The molecule has 0 spiro atoms. The minimum Gasteiger partial charge on any atom is -0.324 e. The third-order valence-corrected chi connectivity index (χ3v) is 3.49. The van der Waals surface area contributed by atoms with E-state index in [1.54, 1.807) is 37.3 Å². The number of alkyl halides is 3. The maximum absolute atomic E-state index is 12.7. The molecule has 2 aromatic rings. The Morgan fingerprint density at radius 3 is 2.48 bits per heavy atom. The molecule has 0 saturated heterocycles. The molecule has 1 aromatic carbocycles. The molecule has 7 heteroatoms. The largest absolute Gasteiger partial charge is 0.406 e. The lowest BCUT2D eigenvalue weighted by molar-refractivity contribution is -0.141. The lowest BCUT2D eigenvalue weighted by Crippen LogP contribution is -2.38. The maximum atomic E-state index is 12.7. The molecule has 3 nitrogen and oxygen atoms in total. The quantitative estimate of drug-likeness (QED) is 0.863. The van der Waals surface area contributed by atoms with Gasteiger partial charge in [0.15, 0.2) is 0 Å². The first kappa shape index (κ1) is 15.5. The van der Waals surface area contributed by atoms with Crippen LogP contribution in [0.15, 0.2) is 35.7 Å². The molecule has 1 heterocycles. The highest BCUT2D eigenvalue weighted by Crippen LogP contribution is 2.20. The molecule has 0 aliphatic heterocycles. The van der Waals surface area contributed by atoms with Gasteiger partial charge in [-0.2, -0.15) is 13.2 Å². The van der Waals surface area contributed by atoms with Crippen LogP contribution in [0.25, 0.3) is 0 Å². The molecule has 0 radical (unpaired) electrons. The summed E-state index contributed by atoms with van der Waals surface area (Å²) in [6.45, 7) is 0.305. The van der Waals surface area contributed by atoms with Gasteiger partial charge in [-0.3, -0.25) is 4.79 Å². The van der Waals surface area contributed by atoms with E-state index < -0.39 is 18.6 Å². The molecule has 112 valence electrons. The molecule has 1 amide bonds. The van der Waals surface area contributed by atoms with Crippen LogP contribution in [0.1, 0.15) is 21.1 Å². The molecule has 0 fully saturated rings. The zero-order chi connectivity index (χ0) is 15.5. The Balaban J connectivity index is 2.21. The van der Waals surface area contributed by atoms with Gasteiger partial charge in [0, 0.05) is 11.9 Å². The lowest BCUT2D eigenvalue weighted by atomic mass is 10.2. The van der Waals surface area contributed by atoms with Crippen LogP contribution in [0.4, 0.5) is 13.2 Å². The summed E-state index contributed by atoms with van der Waals surface area (Å²) in [7, 11) is 0. The van der Waals surface area contributed by atoms with Crippen molar-refractivity contribution in [3.8, 4) is 0 Å². The van der Waals surface area contributed by atoms with Crippen molar-refractivity contribution in [3.63, 3.8) is 0 Å². The number of halogens is 3. The van der Waals surface area contributed by atoms with Gasteiger partial charge in [-0.05, 0) is 12.5 Å². The number of carbonyl (C=O) groups excluding carboxylic acids is 1. The Hall–Kier alpha value is -1.89. The van der Waals surface area contributed by atoms with Crippen LogP contribution in [-0.2, 0) is 6.54 Å². The second kappa shape index (κ2) is 6.26. The summed E-state index contributed by atoms with van der Waals surface area (Å²) in [5.41, 5.74) is 0.694. The summed E-state index contributed by atoms with van der Waals surface area (Å²) in [5.74, 6) is -0.708. The van der Waals surface area contributed by atoms with E-state index in [0.717, 1.165) is 4.90 Å². The monoisotopic (exact) mass is 314 g/mol. The van der Waals surface area contributed by atoms with Crippen LogP contribution < -0.4 is 0 Å². The molecule has 0 aliphatic carbocycles. The SMILES string of the molecule is Cc1nc(C(=O)N(Cc2ccccc2)CC(F)(F)F)cs1. The van der Waals surface area contributed by atoms with Gasteiger partial charge in [0.1, 0.15) is 12.2 Å². The second-order valence-corrected chi connectivity index (χ2v) is 5.58. The lowest BCUT2D eigenvalue weighted by Gasteiger charge is -2.23. The molecular formula is C14H13F3N2OS. The smallest absolute Gasteiger partial charge is 0.324 e. The fourth-order valence-electron chi connectivity index (χ4n) is 1.84. The van der Waals surface area contributed by atoms with Crippen molar-refractivity contribution in [2.45, 2.75) is 19.6 Å². The van der Waals surface area contributed by atoms with Gasteiger partial charge in [-0.15, -0.1) is 11.3 Å². The molecular weight excluding hydrogens is 301 g/mol. The van der Waals surface area contributed by atoms with Gasteiger partial charge in [0.2, 0.25) is 0 Å². The fraction of sp³-hybridized carbons (Fsp3) is 0.286. The van der Waals surface area contributed by atoms with Crippen molar-refractivity contribution < 1.29 is 18.0 Å². The summed E-state index contributed by atoms with van der Waals surface area (Å²) >= 11 is 1.23. The number of hydrogen-bond acceptors (Lipinski definition) is 3. The highest BCUT2D eigenvalue weighted by Gasteiger charge is 2.34. The minimum absolute atomic E-state index is 0.0534. The maximum Gasteiger partial charge on any atom is 0.406 e. The standard InChI is InChI=1S/C14H13F3N2OS/c1-10-18-12(8-21-10)13(20)19(9-14(15,16)17)7-11-5-3-2-4-6-11/h2-6,8H,7,9H2,1H3. The van der Waals surface area contributed by atoms with Crippen molar-refractivity contribution in [2.24, 2.45) is 0 Å². The third kappa shape index (κ3) is 4.56. The number of amides is 1. The first-order valence-electron chi connectivity index (χ1n) is 6.17. The van der Waals surface area contributed by atoms with E-state index in [2.05, 4.69) is 4.98 Å². The van der Waals surface area contributed by atoms with Gasteiger partial charge in [0.05, 0.1) is 5.01 Å². The Morgan fingerprint density at radius 1 is 1.29 bits per heavy atom. The molecule has 21 heavy (non-hydrogen) atoms. The third-order valence-electron chi connectivity index (χ3n) is 2.71. The van der Waals surface area contributed by atoms with E-state index in [-0.39, 0.29) is 12.2 Å². The van der Waals surface area contributed by atoms with Crippen molar-refractivity contribution in [1.29, 1.82) is 0 Å². The van der Waals surface area contributed by atoms with Crippen LogP contribution in [0, 0.1) is 6.92 Å². The molecule has 0 bridgehead atoms. The predicted molar refractivity (Wildman–Crippen MR) is 74.1 cm³/mol. The first-order valence-corrected chi connectivity index (χ1v) is 7.05. The normalized spacial score (nSPS) is 11.4. The molecule has 2 rings (SSSR count). The van der Waals surface area contributed by atoms with Crippen molar-refractivity contribution in [1.82, 2.24) is 9.88 Å². The zero-order valence-electron chi connectivity index (χ0n) is 11.2. The minimum atomic E-state index is -4.45. The summed E-state index contributed by atoms with van der Waals surface area (Å²) < 4.78 is 38.0. The Bertz CT molecular complexity index is 610. The number of rotatable bonds is 4.